The second-order valence-corrected chi connectivity index (χ2v) is 7.80. The van der Waals surface area contributed by atoms with E-state index >= 15 is 0 Å². The van der Waals surface area contributed by atoms with E-state index in [0.29, 0.717) is 34.6 Å². The van der Waals surface area contributed by atoms with E-state index in [9.17, 15) is 26.0 Å². The van der Waals surface area contributed by atoms with Gasteiger partial charge in [-0.25, -0.2) is 17.6 Å². The number of nitrogens with zero attached hydrogens (tertiary/aromatic N) is 1. The number of rotatable bonds is 4. The fraction of sp³-hybridized carbons (Fsp3) is 1.00. The topological polar surface area (TPSA) is 55.8 Å². The quantitative estimate of drug-likeness (QED) is 0.303. The molecule has 156 valence electrons. The van der Waals surface area contributed by atoms with Gasteiger partial charge < -0.3 is 0 Å². The summed E-state index contributed by atoms with van der Waals surface area (Å²) in [5.41, 5.74) is 0. The van der Waals surface area contributed by atoms with Crippen LogP contribution in [0.25, 0.3) is 0 Å². The van der Waals surface area contributed by atoms with Crippen molar-refractivity contribution in [2.45, 2.75) is 32.1 Å². The van der Waals surface area contributed by atoms with Gasteiger partial charge in [-0.05, 0) is 24.7 Å². The van der Waals surface area contributed by atoms with Gasteiger partial charge in [-0.3, -0.25) is 17.6 Å². The third kappa shape index (κ3) is 12.0. The summed E-state index contributed by atoms with van der Waals surface area (Å²) >= 11 is 0. The molecule has 1 heterocycles. The molecule has 0 aromatic rings. The van der Waals surface area contributed by atoms with Gasteiger partial charge in [0, 0.05) is 13.1 Å². The van der Waals surface area contributed by atoms with Crippen LogP contribution < -0.4 is 0 Å². The van der Waals surface area contributed by atoms with E-state index in [2.05, 4.69) is 9.22 Å². The van der Waals surface area contributed by atoms with Crippen molar-refractivity contribution in [3.05, 3.63) is 0 Å². The molecular formula is C14H31F4NO4S2. The predicted octanol–water partition coefficient (Wildman–Crippen LogP) is 3.66. The lowest BCUT2D eigenvalue weighted by molar-refractivity contribution is -0.164. The zero-order chi connectivity index (χ0) is 20.3. The highest BCUT2D eigenvalue weighted by atomic mass is 33.2. The predicted molar refractivity (Wildman–Crippen MR) is 94.1 cm³/mol. The minimum Gasteiger partial charge on any atom is -0.255 e. The molecule has 0 amide bonds. The Hall–Kier alpha value is -0.100. The van der Waals surface area contributed by atoms with Crippen molar-refractivity contribution in [1.29, 1.82) is 0 Å². The maximum absolute atomic E-state index is 11.9. The van der Waals surface area contributed by atoms with Crippen LogP contribution in [0.2, 0.25) is 0 Å². The first-order valence-electron chi connectivity index (χ1n) is 7.53. The smallest absolute Gasteiger partial charge is 0.255 e. The largest absolute Gasteiger partial charge is 0.294 e. The zero-order valence-electron chi connectivity index (χ0n) is 15.5. The average molecular weight is 418 g/mol. The van der Waals surface area contributed by atoms with E-state index in [1.165, 1.54) is 32.8 Å². The molecule has 2 rings (SSSR count). The Morgan fingerprint density at radius 1 is 0.840 bits per heavy atom. The minimum absolute atomic E-state index is 0.500. The van der Waals surface area contributed by atoms with Crippen molar-refractivity contribution in [1.82, 2.24) is 4.31 Å². The highest BCUT2D eigenvalue weighted by Crippen LogP contribution is 2.36. The molecular weight excluding hydrogens is 386 g/mol. The van der Waals surface area contributed by atoms with Gasteiger partial charge in [0.05, 0.1) is 35.8 Å². The third-order valence-electron chi connectivity index (χ3n) is 3.70. The van der Waals surface area contributed by atoms with Gasteiger partial charge in [0.2, 0.25) is 10.0 Å². The Kier molecular flexibility index (Phi) is 26.0. The number of alkyl halides is 4. The Bertz CT molecular complexity index is 331. The Morgan fingerprint density at radius 2 is 1.32 bits per heavy atom. The molecule has 11 heteroatoms. The minimum atomic E-state index is -1.90. The molecule has 0 radical (unpaired) electrons. The van der Waals surface area contributed by atoms with E-state index < -0.39 is 20.1 Å². The van der Waals surface area contributed by atoms with E-state index in [1.54, 1.807) is 4.31 Å². The lowest BCUT2D eigenvalue weighted by atomic mass is 9.76. The summed E-state index contributed by atoms with van der Waals surface area (Å²) in [6.07, 6.45) is 6.14. The molecule has 4 atom stereocenters. The van der Waals surface area contributed by atoms with Crippen LogP contribution >= 0.6 is 0 Å². The molecule has 2 fully saturated rings. The van der Waals surface area contributed by atoms with Crippen molar-refractivity contribution < 1.29 is 35.2 Å². The first-order valence-corrected chi connectivity index (χ1v) is 10.2. The number of hydrogen-bond acceptors (Lipinski definition) is 4. The molecule has 1 saturated heterocycles. The Morgan fingerprint density at radius 3 is 1.80 bits per heavy atom. The molecule has 0 aromatic carbocycles. The molecule has 0 aromatic heterocycles. The molecule has 0 N–H and O–H groups in total. The first-order chi connectivity index (χ1) is 12.2. The lowest BCUT2D eigenvalue weighted by Gasteiger charge is -2.39. The highest BCUT2D eigenvalue weighted by molar-refractivity contribution is 8.58. The van der Waals surface area contributed by atoms with Crippen molar-refractivity contribution in [3.63, 3.8) is 0 Å². The summed E-state index contributed by atoms with van der Waals surface area (Å²) in [5.74, 6) is 1.38. The van der Waals surface area contributed by atoms with Crippen molar-refractivity contribution in [2.75, 3.05) is 48.9 Å². The van der Waals surface area contributed by atoms with Gasteiger partial charge in [0.1, 0.15) is 0 Å². The van der Waals surface area contributed by atoms with Crippen molar-refractivity contribution >= 4 is 20.1 Å². The number of halogens is 4. The van der Waals surface area contributed by atoms with E-state index in [0.717, 1.165) is 25.4 Å². The highest BCUT2D eigenvalue weighted by Gasteiger charge is 2.34. The van der Waals surface area contributed by atoms with Crippen LogP contribution in [0.1, 0.15) is 32.1 Å². The second kappa shape index (κ2) is 21.9. The molecule has 0 bridgehead atoms. The summed E-state index contributed by atoms with van der Waals surface area (Å²) in [7, 11) is -0.240. The molecule has 2 aliphatic rings. The molecule has 4 unspecified atom stereocenters. The normalized spacial score (nSPS) is 24.0. The maximum atomic E-state index is 11.9. The summed E-state index contributed by atoms with van der Waals surface area (Å²) < 4.78 is 67.5. The van der Waals surface area contributed by atoms with Gasteiger partial charge >= 0.3 is 0 Å². The molecule has 25 heavy (non-hydrogen) atoms. The monoisotopic (exact) mass is 417 g/mol. The summed E-state index contributed by atoms with van der Waals surface area (Å²) in [5, 5.41) is 0. The van der Waals surface area contributed by atoms with Gasteiger partial charge in [0.25, 0.3) is 10.1 Å². The molecule has 1 saturated carbocycles. The Labute approximate surface area is 153 Å². The first kappa shape index (κ1) is 29.7. The summed E-state index contributed by atoms with van der Waals surface area (Å²) in [4.78, 5) is 4.30. The fourth-order valence-electron chi connectivity index (χ4n) is 2.87. The summed E-state index contributed by atoms with van der Waals surface area (Å²) in [6, 6.07) is 0. The number of fused-ring (bicyclic) bond motifs is 1. The SMILES string of the molecule is CF.CF.CF.CF.COOS(=O)S(=O)N1CCC2CCCCC2C1. The van der Waals surface area contributed by atoms with E-state index in [-0.39, 0.29) is 0 Å². The van der Waals surface area contributed by atoms with Crippen molar-refractivity contribution in [2.24, 2.45) is 11.8 Å². The standard InChI is InChI=1S/C10H19NO4S2.4CH3F/c1-14-15-17(13)16(12)11-7-6-9-4-2-3-5-10(9)8-11;4*1-2/h9-10H,2-8H2,1H3;4*1H3. The van der Waals surface area contributed by atoms with Crippen LogP contribution in [0.3, 0.4) is 0 Å². The average Bonchev–Trinajstić information content (AvgIpc) is 2.73. The zero-order valence-corrected chi connectivity index (χ0v) is 17.1. The van der Waals surface area contributed by atoms with E-state index in [4.69, 9.17) is 0 Å². The van der Waals surface area contributed by atoms with Gasteiger partial charge in [-0.1, -0.05) is 19.3 Å². The third-order valence-corrected chi connectivity index (χ3v) is 6.44. The Balaban J connectivity index is -0.000000533. The lowest BCUT2D eigenvalue weighted by Crippen LogP contribution is -2.43. The number of piperidine rings is 1. The van der Waals surface area contributed by atoms with E-state index in [1.807, 2.05) is 0 Å². The van der Waals surface area contributed by atoms with Crippen LogP contribution in [0.4, 0.5) is 17.6 Å². The van der Waals surface area contributed by atoms with Crippen LogP contribution in [-0.2, 0) is 29.4 Å². The van der Waals surface area contributed by atoms with Crippen LogP contribution in [0, 0.1) is 11.8 Å². The molecule has 5 nitrogen and oxygen atoms in total. The number of hydrogen-bond donors (Lipinski definition) is 0. The second-order valence-electron chi connectivity index (χ2n) is 4.64. The maximum Gasteiger partial charge on any atom is 0.294 e. The van der Waals surface area contributed by atoms with Crippen molar-refractivity contribution in [3.8, 4) is 0 Å². The van der Waals surface area contributed by atoms with Gasteiger partial charge in [0.15, 0.2) is 0 Å². The molecule has 0 spiro atoms. The summed E-state index contributed by atoms with van der Waals surface area (Å²) in [6.45, 7) is 1.52. The molecule has 1 aliphatic carbocycles. The van der Waals surface area contributed by atoms with Crippen LogP contribution in [-0.4, -0.2) is 61.6 Å². The molecule has 1 aliphatic heterocycles. The van der Waals surface area contributed by atoms with Crippen LogP contribution in [0.5, 0.6) is 0 Å². The fourth-order valence-corrected chi connectivity index (χ4v) is 5.00. The van der Waals surface area contributed by atoms with Gasteiger partial charge in [-0.2, -0.15) is 0 Å². The van der Waals surface area contributed by atoms with Crippen LogP contribution in [0.15, 0.2) is 0 Å². The van der Waals surface area contributed by atoms with Gasteiger partial charge in [-0.15, -0.1) is 4.33 Å².